The molecule has 2 saturated heterocycles. The molecule has 3 aromatic rings. The third-order valence-corrected chi connectivity index (χ3v) is 8.12. The van der Waals surface area contributed by atoms with Crippen molar-refractivity contribution in [1.29, 1.82) is 0 Å². The van der Waals surface area contributed by atoms with Gasteiger partial charge in [0.15, 0.2) is 0 Å². The zero-order chi connectivity index (χ0) is 23.3. The molecule has 2 aliphatic heterocycles. The van der Waals surface area contributed by atoms with Crippen molar-refractivity contribution >= 4 is 22.8 Å². The first-order valence-corrected chi connectivity index (χ1v) is 12.3. The molecule has 6 rings (SSSR count). The number of carbonyl (C=O) groups excluding carboxylic acids is 2. The molecule has 0 bridgehead atoms. The van der Waals surface area contributed by atoms with Crippen LogP contribution in [0.15, 0.2) is 60.8 Å². The number of urea groups is 1. The second-order valence-electron chi connectivity index (χ2n) is 10.2. The predicted molar refractivity (Wildman–Crippen MR) is 131 cm³/mol. The molecule has 3 aliphatic rings. The number of rotatable bonds is 4. The smallest absolute Gasteiger partial charge is 0.323 e. The van der Waals surface area contributed by atoms with Gasteiger partial charge in [-0.15, -0.1) is 0 Å². The van der Waals surface area contributed by atoms with Crippen LogP contribution in [-0.2, 0) is 24.2 Å². The Morgan fingerprint density at radius 1 is 1.00 bits per heavy atom. The predicted octanol–water partition coefficient (Wildman–Crippen LogP) is 3.92. The monoisotopic (exact) mass is 454 g/mol. The summed E-state index contributed by atoms with van der Waals surface area (Å²) in [5.41, 5.74) is 3.96. The minimum Gasteiger partial charge on any atom is -0.323 e. The van der Waals surface area contributed by atoms with Crippen LogP contribution in [0.25, 0.3) is 10.9 Å². The van der Waals surface area contributed by atoms with Crippen molar-refractivity contribution in [3.05, 3.63) is 77.5 Å². The van der Waals surface area contributed by atoms with Crippen LogP contribution >= 0.6 is 0 Å². The Kier molecular flexibility index (Phi) is 5.14. The summed E-state index contributed by atoms with van der Waals surface area (Å²) in [5, 5.41) is 4.25. The third kappa shape index (κ3) is 3.57. The minimum atomic E-state index is -0.815. The summed E-state index contributed by atoms with van der Waals surface area (Å²) >= 11 is 0. The van der Waals surface area contributed by atoms with E-state index in [-0.39, 0.29) is 23.9 Å². The number of pyridine rings is 1. The van der Waals surface area contributed by atoms with Crippen molar-refractivity contribution in [2.75, 3.05) is 13.1 Å². The highest BCUT2D eigenvalue weighted by molar-refractivity contribution is 6.07. The lowest BCUT2D eigenvalue weighted by atomic mass is 9.78. The van der Waals surface area contributed by atoms with E-state index in [0.717, 1.165) is 56.2 Å². The first kappa shape index (κ1) is 21.3. The molecule has 3 heterocycles. The first-order valence-electron chi connectivity index (χ1n) is 12.3. The number of amides is 3. The van der Waals surface area contributed by atoms with Gasteiger partial charge in [-0.1, -0.05) is 42.5 Å². The lowest BCUT2D eigenvalue weighted by Gasteiger charge is -2.39. The number of nitrogens with zero attached hydrogens (tertiary/aromatic N) is 3. The third-order valence-electron chi connectivity index (χ3n) is 8.12. The van der Waals surface area contributed by atoms with Gasteiger partial charge in [-0.25, -0.2) is 4.79 Å². The molecule has 174 valence electrons. The second-order valence-corrected chi connectivity index (χ2v) is 10.2. The molecule has 6 nitrogen and oxygen atoms in total. The van der Waals surface area contributed by atoms with Gasteiger partial charge in [0.25, 0.3) is 5.91 Å². The van der Waals surface area contributed by atoms with E-state index in [2.05, 4.69) is 51.6 Å². The van der Waals surface area contributed by atoms with Crippen molar-refractivity contribution in [3.8, 4) is 0 Å². The van der Waals surface area contributed by atoms with Crippen LogP contribution in [0.5, 0.6) is 0 Å². The highest BCUT2D eigenvalue weighted by Crippen LogP contribution is 2.37. The Morgan fingerprint density at radius 3 is 2.47 bits per heavy atom. The van der Waals surface area contributed by atoms with E-state index >= 15 is 0 Å². The van der Waals surface area contributed by atoms with Crippen LogP contribution < -0.4 is 5.32 Å². The van der Waals surface area contributed by atoms with Crippen LogP contribution in [0.2, 0.25) is 0 Å². The fourth-order valence-electron chi connectivity index (χ4n) is 6.14. The molecule has 1 aliphatic carbocycles. The van der Waals surface area contributed by atoms with E-state index in [4.69, 9.17) is 0 Å². The van der Waals surface area contributed by atoms with E-state index in [1.807, 2.05) is 31.3 Å². The number of hydrogen-bond acceptors (Lipinski definition) is 4. The first-order chi connectivity index (χ1) is 16.5. The molecular weight excluding hydrogens is 424 g/mol. The summed E-state index contributed by atoms with van der Waals surface area (Å²) in [4.78, 5) is 35.0. The summed E-state index contributed by atoms with van der Waals surface area (Å²) in [5.74, 6) is 0.0987. The quantitative estimate of drug-likeness (QED) is 0.607. The van der Waals surface area contributed by atoms with E-state index in [1.54, 1.807) is 0 Å². The van der Waals surface area contributed by atoms with Crippen LogP contribution in [-0.4, -0.2) is 51.4 Å². The average molecular weight is 455 g/mol. The van der Waals surface area contributed by atoms with Crippen LogP contribution in [0.3, 0.4) is 0 Å². The molecule has 6 heteroatoms. The number of imide groups is 1. The Bertz CT molecular complexity index is 1240. The lowest BCUT2D eigenvalue weighted by molar-refractivity contribution is -0.134. The average Bonchev–Trinajstić information content (AvgIpc) is 3.37. The summed E-state index contributed by atoms with van der Waals surface area (Å²) in [7, 11) is 0. The van der Waals surface area contributed by atoms with Gasteiger partial charge >= 0.3 is 6.03 Å². The van der Waals surface area contributed by atoms with Crippen LogP contribution in [0.1, 0.15) is 36.5 Å². The van der Waals surface area contributed by atoms with Crippen molar-refractivity contribution in [2.45, 2.75) is 50.7 Å². The molecule has 1 unspecified atom stereocenters. The maximum atomic E-state index is 13.6. The Hall–Kier alpha value is -3.25. The standard InChI is InChI=1S/C28H30N4O2/c1-28(26(33)32(27(34)30-28)24-16-21-5-2-3-6-22(21)17-24)23-10-13-31(14-11-23)18-19-8-9-20-7-4-12-29-25(20)15-19/h2-9,12,15,23-24H,10-11,13-14,16-18H2,1H3,(H,30,34). The number of fused-ring (bicyclic) bond motifs is 2. The van der Waals surface area contributed by atoms with E-state index in [1.165, 1.54) is 21.6 Å². The van der Waals surface area contributed by atoms with E-state index in [0.29, 0.717) is 0 Å². The number of benzene rings is 2. The molecule has 2 aromatic carbocycles. The molecule has 1 N–H and O–H groups in total. The summed E-state index contributed by atoms with van der Waals surface area (Å²) in [6.07, 6.45) is 5.13. The number of nitrogens with one attached hydrogen (secondary N) is 1. The lowest BCUT2D eigenvalue weighted by Crippen LogP contribution is -2.54. The second kappa shape index (κ2) is 8.20. The highest BCUT2D eigenvalue weighted by atomic mass is 16.2. The Balaban J connectivity index is 1.11. The van der Waals surface area contributed by atoms with E-state index < -0.39 is 5.54 Å². The molecule has 0 spiro atoms. The van der Waals surface area contributed by atoms with Gasteiger partial charge in [0, 0.05) is 24.2 Å². The minimum absolute atomic E-state index is 0.0469. The fourth-order valence-corrected chi connectivity index (χ4v) is 6.14. The Labute approximate surface area is 200 Å². The summed E-state index contributed by atoms with van der Waals surface area (Å²) in [6, 6.07) is 18.5. The molecule has 1 atom stereocenters. The number of likely N-dealkylation sites (tertiary alicyclic amines) is 1. The molecular formula is C28H30N4O2. The van der Waals surface area contributed by atoms with Gasteiger partial charge in [-0.2, -0.15) is 0 Å². The summed E-state index contributed by atoms with van der Waals surface area (Å²) < 4.78 is 0. The van der Waals surface area contributed by atoms with Gasteiger partial charge in [0.05, 0.1) is 5.52 Å². The molecule has 3 amide bonds. The highest BCUT2D eigenvalue weighted by Gasteiger charge is 2.55. The molecule has 2 fully saturated rings. The van der Waals surface area contributed by atoms with Gasteiger partial charge in [-0.05, 0) is 80.4 Å². The normalized spacial score (nSPS) is 24.1. The largest absolute Gasteiger partial charge is 0.325 e. The zero-order valence-corrected chi connectivity index (χ0v) is 19.5. The number of hydrogen-bond donors (Lipinski definition) is 1. The molecule has 34 heavy (non-hydrogen) atoms. The summed E-state index contributed by atoms with van der Waals surface area (Å²) in [6.45, 7) is 4.64. The number of aromatic nitrogens is 1. The van der Waals surface area contributed by atoms with Crippen LogP contribution in [0.4, 0.5) is 4.79 Å². The maximum Gasteiger partial charge on any atom is 0.325 e. The fraction of sp³-hybridized carbons (Fsp3) is 0.393. The van der Waals surface area contributed by atoms with Crippen molar-refractivity contribution in [2.24, 2.45) is 5.92 Å². The van der Waals surface area contributed by atoms with Crippen molar-refractivity contribution in [1.82, 2.24) is 20.1 Å². The van der Waals surface area contributed by atoms with Gasteiger partial charge in [-0.3, -0.25) is 19.6 Å². The zero-order valence-electron chi connectivity index (χ0n) is 19.5. The SMILES string of the molecule is CC1(C2CCN(Cc3ccc4cccnc4c3)CC2)NC(=O)N(C2Cc3ccccc3C2)C1=O. The molecule has 0 radical (unpaired) electrons. The van der Waals surface area contributed by atoms with Crippen molar-refractivity contribution < 1.29 is 9.59 Å². The molecule has 1 aromatic heterocycles. The number of piperidine rings is 1. The topological polar surface area (TPSA) is 65.5 Å². The number of carbonyl (C=O) groups is 2. The van der Waals surface area contributed by atoms with E-state index in [9.17, 15) is 9.59 Å². The van der Waals surface area contributed by atoms with Gasteiger partial charge < -0.3 is 5.32 Å². The van der Waals surface area contributed by atoms with Crippen LogP contribution in [0, 0.1) is 5.92 Å². The van der Waals surface area contributed by atoms with Gasteiger partial charge in [0.2, 0.25) is 0 Å². The molecule has 0 saturated carbocycles. The maximum absolute atomic E-state index is 13.6. The Morgan fingerprint density at radius 2 is 1.74 bits per heavy atom. The van der Waals surface area contributed by atoms with Gasteiger partial charge in [0.1, 0.15) is 5.54 Å². The van der Waals surface area contributed by atoms with Crippen molar-refractivity contribution in [3.63, 3.8) is 0 Å².